The van der Waals surface area contributed by atoms with Crippen molar-refractivity contribution in [1.29, 1.82) is 0 Å². The average molecular weight is 472 g/mol. The number of nitrogens with zero attached hydrogens (tertiary/aromatic N) is 3. The zero-order valence-electron chi connectivity index (χ0n) is 17.1. The fraction of sp³-hybridized carbons (Fsp3) is 0.353. The molecule has 0 atom stereocenters. The molecule has 2 heterocycles. The number of hydrogen-bond acceptors (Lipinski definition) is 9. The molecule has 1 aliphatic heterocycles. The van der Waals surface area contributed by atoms with Crippen molar-refractivity contribution in [2.45, 2.75) is 36.2 Å². The van der Waals surface area contributed by atoms with Gasteiger partial charge in [-0.1, -0.05) is 12.1 Å². The highest BCUT2D eigenvalue weighted by Gasteiger charge is 2.41. The molecular formula is C17H21N5O7S2. The number of sulfonamides is 2. The third kappa shape index (κ3) is 4.40. The summed E-state index contributed by atoms with van der Waals surface area (Å²) in [5.41, 5.74) is 0.331. The normalized spacial score (nSPS) is 15.4. The number of amides is 2. The molecule has 1 aromatic carbocycles. The molecule has 2 amide bonds. The lowest BCUT2D eigenvalue weighted by Crippen LogP contribution is -2.36. The summed E-state index contributed by atoms with van der Waals surface area (Å²) in [4.78, 5) is 19.2. The number of fused-ring (bicyclic) bond motifs is 1. The Hall–Kier alpha value is -2.97. The Morgan fingerprint density at radius 1 is 1.16 bits per heavy atom. The molecule has 2 aromatic rings. The first kappa shape index (κ1) is 22.7. The zero-order valence-corrected chi connectivity index (χ0v) is 18.7. The van der Waals surface area contributed by atoms with Crippen LogP contribution in [0.15, 0.2) is 34.1 Å². The first-order valence-corrected chi connectivity index (χ1v) is 11.9. The number of carbonyl (C=O) groups is 1. The summed E-state index contributed by atoms with van der Waals surface area (Å²) in [5.74, 6) is -0.127. The fourth-order valence-electron chi connectivity index (χ4n) is 2.99. The molecule has 14 heteroatoms. The highest BCUT2D eigenvalue weighted by molar-refractivity contribution is 7.93. The lowest BCUT2D eigenvalue weighted by atomic mass is 10.2. The van der Waals surface area contributed by atoms with E-state index in [1.807, 2.05) is 0 Å². The van der Waals surface area contributed by atoms with Gasteiger partial charge in [0.25, 0.3) is 10.0 Å². The van der Waals surface area contributed by atoms with E-state index in [0.717, 1.165) is 6.07 Å². The van der Waals surface area contributed by atoms with E-state index in [-0.39, 0.29) is 35.2 Å². The quantitative estimate of drug-likeness (QED) is 0.625. The Kier molecular flexibility index (Phi) is 6.07. The lowest BCUT2D eigenvalue weighted by Gasteiger charge is -2.19. The maximum atomic E-state index is 12.9. The van der Waals surface area contributed by atoms with Crippen LogP contribution in [0.3, 0.4) is 0 Å². The summed E-state index contributed by atoms with van der Waals surface area (Å²) in [6.07, 6.45) is 0. The zero-order chi connectivity index (χ0) is 23.0. The van der Waals surface area contributed by atoms with Crippen LogP contribution in [0.4, 0.5) is 10.7 Å². The molecule has 0 unspecified atom stereocenters. The van der Waals surface area contributed by atoms with Crippen LogP contribution >= 0.6 is 0 Å². The van der Waals surface area contributed by atoms with Crippen LogP contribution in [-0.4, -0.2) is 57.4 Å². The predicted octanol–water partition coefficient (Wildman–Crippen LogP) is 0.917. The van der Waals surface area contributed by atoms with Crippen molar-refractivity contribution in [3.8, 4) is 11.8 Å². The smallest absolute Gasteiger partial charge is 0.335 e. The molecule has 2 N–H and O–H groups in total. The van der Waals surface area contributed by atoms with E-state index >= 15 is 0 Å². The van der Waals surface area contributed by atoms with Gasteiger partial charge in [-0.3, -0.25) is 5.32 Å². The molecule has 0 bridgehead atoms. The maximum absolute atomic E-state index is 12.9. The third-order valence-electron chi connectivity index (χ3n) is 4.37. The summed E-state index contributed by atoms with van der Waals surface area (Å²) >= 11 is 0. The monoisotopic (exact) mass is 471 g/mol. The molecule has 0 aliphatic carbocycles. The van der Waals surface area contributed by atoms with E-state index in [0.29, 0.717) is 5.56 Å². The number of benzene rings is 1. The number of carbonyl (C=O) groups excluding carboxylic acids is 1. The van der Waals surface area contributed by atoms with Crippen LogP contribution in [0.1, 0.15) is 19.4 Å². The van der Waals surface area contributed by atoms with Crippen molar-refractivity contribution in [3.63, 3.8) is 0 Å². The third-order valence-corrected chi connectivity index (χ3v) is 8.04. The van der Waals surface area contributed by atoms with Crippen molar-refractivity contribution in [2.75, 3.05) is 19.5 Å². The van der Waals surface area contributed by atoms with Gasteiger partial charge in [-0.2, -0.15) is 14.3 Å². The minimum Gasteiger partial charge on any atom is -0.481 e. The number of rotatable bonds is 6. The number of hydrogen-bond donors (Lipinski definition) is 2. The van der Waals surface area contributed by atoms with Crippen molar-refractivity contribution in [2.24, 2.45) is 0 Å². The van der Waals surface area contributed by atoms with Crippen LogP contribution in [-0.2, 0) is 26.6 Å². The Morgan fingerprint density at radius 2 is 1.77 bits per heavy atom. The van der Waals surface area contributed by atoms with Gasteiger partial charge in [0.05, 0.1) is 20.3 Å². The lowest BCUT2D eigenvalue weighted by molar-refractivity contribution is 0.256. The summed E-state index contributed by atoms with van der Waals surface area (Å²) in [7, 11) is -5.91. The Bertz CT molecular complexity index is 1210. The summed E-state index contributed by atoms with van der Waals surface area (Å²) in [6, 6.07) is 3.87. The summed E-state index contributed by atoms with van der Waals surface area (Å²) in [6.45, 7) is 3.42. The molecule has 168 valence electrons. The molecule has 1 aromatic heterocycles. The van der Waals surface area contributed by atoms with Gasteiger partial charge < -0.3 is 9.47 Å². The number of anilines is 1. The largest absolute Gasteiger partial charge is 0.481 e. The van der Waals surface area contributed by atoms with E-state index in [1.54, 1.807) is 18.6 Å². The van der Waals surface area contributed by atoms with Gasteiger partial charge in [0.15, 0.2) is 0 Å². The number of urea groups is 1. The van der Waals surface area contributed by atoms with Gasteiger partial charge >= 0.3 is 6.03 Å². The molecule has 0 saturated carbocycles. The van der Waals surface area contributed by atoms with Crippen LogP contribution in [0.25, 0.3) is 0 Å². The molecule has 3 rings (SSSR count). The molecular weight excluding hydrogens is 450 g/mol. The number of methoxy groups -OCH3 is 2. The maximum Gasteiger partial charge on any atom is 0.335 e. The Morgan fingerprint density at radius 3 is 2.32 bits per heavy atom. The minimum absolute atomic E-state index is 0.0440. The first-order valence-electron chi connectivity index (χ1n) is 8.94. The van der Waals surface area contributed by atoms with E-state index in [1.165, 1.54) is 36.7 Å². The van der Waals surface area contributed by atoms with Crippen molar-refractivity contribution in [1.82, 2.24) is 19.0 Å². The first-order chi connectivity index (χ1) is 14.5. The van der Waals surface area contributed by atoms with Crippen molar-refractivity contribution >= 4 is 32.0 Å². The molecule has 0 radical (unpaired) electrons. The second-order valence-corrected chi connectivity index (χ2v) is 10.2. The van der Waals surface area contributed by atoms with Crippen LogP contribution in [0, 0.1) is 0 Å². The highest BCUT2D eigenvalue weighted by atomic mass is 32.2. The van der Waals surface area contributed by atoms with Gasteiger partial charge in [0.1, 0.15) is 9.79 Å². The number of aromatic nitrogens is 2. The average Bonchev–Trinajstić information content (AvgIpc) is 2.98. The second-order valence-electron chi connectivity index (χ2n) is 6.72. The Labute approximate surface area is 179 Å². The summed E-state index contributed by atoms with van der Waals surface area (Å²) < 4.78 is 64.4. The predicted molar refractivity (Wildman–Crippen MR) is 109 cm³/mol. The topological polar surface area (TPSA) is 157 Å². The van der Waals surface area contributed by atoms with Crippen LogP contribution in [0.2, 0.25) is 0 Å². The second kappa shape index (κ2) is 8.28. The summed E-state index contributed by atoms with van der Waals surface area (Å²) in [5, 5.41) is 2.16. The van der Waals surface area contributed by atoms with Gasteiger partial charge in [-0.15, -0.1) is 0 Å². The molecule has 0 saturated heterocycles. The number of nitrogens with one attached hydrogen (secondary N) is 2. The van der Waals surface area contributed by atoms with Crippen LogP contribution < -0.4 is 19.5 Å². The molecule has 12 nitrogen and oxygen atoms in total. The van der Waals surface area contributed by atoms with Crippen LogP contribution in [0.5, 0.6) is 11.8 Å². The molecule has 0 fully saturated rings. The van der Waals surface area contributed by atoms with E-state index in [4.69, 9.17) is 9.47 Å². The number of ether oxygens (including phenoxy) is 2. The van der Waals surface area contributed by atoms with Gasteiger partial charge in [-0.25, -0.2) is 26.4 Å². The van der Waals surface area contributed by atoms with Crippen molar-refractivity contribution in [3.05, 3.63) is 29.8 Å². The fourth-order valence-corrected chi connectivity index (χ4v) is 6.56. The van der Waals surface area contributed by atoms with E-state index in [2.05, 4.69) is 15.3 Å². The van der Waals surface area contributed by atoms with Gasteiger partial charge in [0.2, 0.25) is 27.7 Å². The van der Waals surface area contributed by atoms with E-state index < -0.39 is 31.0 Å². The molecule has 31 heavy (non-hydrogen) atoms. The van der Waals surface area contributed by atoms with Gasteiger partial charge in [-0.05, 0) is 25.5 Å². The molecule has 1 aliphatic rings. The van der Waals surface area contributed by atoms with Gasteiger partial charge in [0, 0.05) is 12.6 Å². The standard InChI is InChI=1S/C17H21N5O7S2/c1-10(2)22-9-11-6-5-7-12(15(11)31(22,26)27)30(24,25)21-17(23)20-16-18-13(28-3)8-14(19-16)29-4/h5-8,10H,9H2,1-4H3,(H2,18,19,20,21,23). The molecule has 0 spiro atoms. The van der Waals surface area contributed by atoms with E-state index in [9.17, 15) is 21.6 Å². The van der Waals surface area contributed by atoms with Crippen molar-refractivity contribution < 1.29 is 31.1 Å². The Balaban J connectivity index is 1.90. The SMILES string of the molecule is COc1cc(OC)nc(NC(=O)NS(=O)(=O)c2cccc3c2S(=O)(=O)N(C(C)C)C3)n1. The minimum atomic E-state index is -4.54. The highest BCUT2D eigenvalue weighted by Crippen LogP contribution is 2.36.